The third kappa shape index (κ3) is 4.30. The van der Waals surface area contributed by atoms with Gasteiger partial charge in [-0.1, -0.05) is 36.4 Å². The summed E-state index contributed by atoms with van der Waals surface area (Å²) in [5.41, 5.74) is 2.81. The molecule has 0 aliphatic rings. The Morgan fingerprint density at radius 3 is 2.21 bits per heavy atom. The van der Waals surface area contributed by atoms with Crippen molar-refractivity contribution in [3.8, 4) is 0 Å². The van der Waals surface area contributed by atoms with Gasteiger partial charge in [0.05, 0.1) is 11.1 Å². The summed E-state index contributed by atoms with van der Waals surface area (Å²) < 4.78 is 6.84. The number of aromatic carboxylic acids is 1. The van der Waals surface area contributed by atoms with Crippen molar-refractivity contribution in [3.63, 3.8) is 0 Å². The third-order valence-electron chi connectivity index (χ3n) is 4.56. The standard InChI is InChI=1S/C22H17N3O4/c26-21(27)18-5-1-15(2-6-18)9-16-3-4-17-7-8-19(11-20(17)10-16)22(28)29-14-25-12-23-24-13-25/h1-8,10-13H,9,14H2,(H,26,27). The molecule has 3 aromatic carbocycles. The highest BCUT2D eigenvalue weighted by molar-refractivity contribution is 5.95. The van der Waals surface area contributed by atoms with Crippen molar-refractivity contribution in [3.05, 3.63) is 95.6 Å². The Labute approximate surface area is 166 Å². The van der Waals surface area contributed by atoms with E-state index in [9.17, 15) is 9.59 Å². The fraction of sp³-hybridized carbons (Fsp3) is 0.0909. The number of nitrogens with zero attached hydrogens (tertiary/aromatic N) is 3. The molecular weight excluding hydrogens is 370 g/mol. The SMILES string of the molecule is O=C(O)c1ccc(Cc2ccc3ccc(C(=O)OCn4cnnc4)cc3c2)cc1. The van der Waals surface area contributed by atoms with Crippen LogP contribution in [-0.4, -0.2) is 31.8 Å². The number of fused-ring (bicyclic) bond motifs is 1. The van der Waals surface area contributed by atoms with Gasteiger partial charge in [0.2, 0.25) is 0 Å². The second-order valence-electron chi connectivity index (χ2n) is 6.61. The molecule has 0 aliphatic heterocycles. The largest absolute Gasteiger partial charge is 0.478 e. The van der Waals surface area contributed by atoms with Crippen LogP contribution in [0.5, 0.6) is 0 Å². The summed E-state index contributed by atoms with van der Waals surface area (Å²) in [4.78, 5) is 23.3. The fourth-order valence-corrected chi connectivity index (χ4v) is 3.04. The van der Waals surface area contributed by atoms with E-state index < -0.39 is 11.9 Å². The zero-order valence-electron chi connectivity index (χ0n) is 15.4. The number of benzene rings is 3. The van der Waals surface area contributed by atoms with Crippen molar-refractivity contribution < 1.29 is 19.4 Å². The van der Waals surface area contributed by atoms with Crippen LogP contribution < -0.4 is 0 Å². The van der Waals surface area contributed by atoms with E-state index in [0.29, 0.717) is 12.0 Å². The number of ether oxygens (including phenoxy) is 1. The van der Waals surface area contributed by atoms with Crippen LogP contribution >= 0.6 is 0 Å². The van der Waals surface area contributed by atoms with E-state index in [2.05, 4.69) is 10.2 Å². The highest BCUT2D eigenvalue weighted by Gasteiger charge is 2.09. The first kappa shape index (κ1) is 18.4. The first-order chi connectivity index (χ1) is 14.1. The number of aromatic nitrogens is 3. The highest BCUT2D eigenvalue weighted by Crippen LogP contribution is 2.21. The highest BCUT2D eigenvalue weighted by atomic mass is 16.5. The summed E-state index contributed by atoms with van der Waals surface area (Å²) in [6.45, 7) is 0.0518. The normalized spacial score (nSPS) is 10.8. The van der Waals surface area contributed by atoms with E-state index in [1.54, 1.807) is 28.8 Å². The summed E-state index contributed by atoms with van der Waals surface area (Å²) in [5, 5.41) is 18.3. The molecule has 7 nitrogen and oxygen atoms in total. The molecule has 0 radical (unpaired) electrons. The number of carboxylic acids is 1. The molecule has 0 fully saturated rings. The quantitative estimate of drug-likeness (QED) is 0.509. The fourth-order valence-electron chi connectivity index (χ4n) is 3.04. The van der Waals surface area contributed by atoms with Gasteiger partial charge in [0.25, 0.3) is 0 Å². The van der Waals surface area contributed by atoms with E-state index in [1.165, 1.54) is 12.7 Å². The van der Waals surface area contributed by atoms with Crippen molar-refractivity contribution >= 4 is 22.7 Å². The van der Waals surface area contributed by atoms with Crippen LogP contribution in [0.2, 0.25) is 0 Å². The van der Waals surface area contributed by atoms with Crippen LogP contribution in [0.3, 0.4) is 0 Å². The number of carboxylic acid groups (broad SMARTS) is 1. The second kappa shape index (κ2) is 7.93. The summed E-state index contributed by atoms with van der Waals surface area (Å²) in [7, 11) is 0. The number of esters is 1. The lowest BCUT2D eigenvalue weighted by atomic mass is 9.99. The zero-order valence-corrected chi connectivity index (χ0v) is 15.4. The van der Waals surface area contributed by atoms with Crippen molar-refractivity contribution in [1.29, 1.82) is 0 Å². The molecule has 29 heavy (non-hydrogen) atoms. The number of hydrogen-bond donors (Lipinski definition) is 1. The lowest BCUT2D eigenvalue weighted by molar-refractivity contribution is 0.0371. The van der Waals surface area contributed by atoms with E-state index in [0.717, 1.165) is 21.9 Å². The Hall–Kier alpha value is -4.00. The summed E-state index contributed by atoms with van der Waals surface area (Å²) in [6, 6.07) is 18.3. The number of hydrogen-bond acceptors (Lipinski definition) is 5. The van der Waals surface area contributed by atoms with Crippen molar-refractivity contribution in [2.75, 3.05) is 0 Å². The minimum absolute atomic E-state index is 0.0518. The molecule has 0 bridgehead atoms. The van der Waals surface area contributed by atoms with E-state index >= 15 is 0 Å². The van der Waals surface area contributed by atoms with Gasteiger partial charge >= 0.3 is 11.9 Å². The maximum absolute atomic E-state index is 12.3. The lowest BCUT2D eigenvalue weighted by Crippen LogP contribution is -2.08. The van der Waals surface area contributed by atoms with Crippen molar-refractivity contribution in [2.45, 2.75) is 13.2 Å². The van der Waals surface area contributed by atoms with Crippen LogP contribution in [0.15, 0.2) is 73.3 Å². The Morgan fingerprint density at radius 1 is 0.828 bits per heavy atom. The molecule has 0 spiro atoms. The van der Waals surface area contributed by atoms with Crippen molar-refractivity contribution in [2.24, 2.45) is 0 Å². The monoisotopic (exact) mass is 387 g/mol. The maximum Gasteiger partial charge on any atom is 0.339 e. The average Bonchev–Trinajstić information content (AvgIpc) is 3.25. The minimum Gasteiger partial charge on any atom is -0.478 e. The molecule has 0 atom stereocenters. The topological polar surface area (TPSA) is 94.3 Å². The predicted molar refractivity (Wildman–Crippen MR) is 106 cm³/mol. The average molecular weight is 387 g/mol. The summed E-state index contributed by atoms with van der Waals surface area (Å²) in [5.74, 6) is -1.36. The van der Waals surface area contributed by atoms with Crippen LogP contribution in [0.1, 0.15) is 31.8 Å². The van der Waals surface area contributed by atoms with Gasteiger partial charge in [0.1, 0.15) is 12.7 Å². The first-order valence-corrected chi connectivity index (χ1v) is 8.93. The van der Waals surface area contributed by atoms with E-state index in [-0.39, 0.29) is 12.3 Å². The number of carbonyl (C=O) groups excluding carboxylic acids is 1. The van der Waals surface area contributed by atoms with Gasteiger partial charge in [-0.3, -0.25) is 4.57 Å². The molecule has 0 aliphatic carbocycles. The molecule has 0 unspecified atom stereocenters. The molecule has 1 heterocycles. The molecule has 0 saturated heterocycles. The second-order valence-corrected chi connectivity index (χ2v) is 6.61. The molecular formula is C22H17N3O4. The Morgan fingerprint density at radius 2 is 1.48 bits per heavy atom. The molecule has 0 amide bonds. The first-order valence-electron chi connectivity index (χ1n) is 8.93. The van der Waals surface area contributed by atoms with E-state index in [1.807, 2.05) is 36.4 Å². The van der Waals surface area contributed by atoms with Gasteiger partial charge in [0, 0.05) is 0 Å². The number of rotatable bonds is 6. The minimum atomic E-state index is -0.939. The molecule has 0 saturated carbocycles. The molecule has 7 heteroatoms. The summed E-state index contributed by atoms with van der Waals surface area (Å²) in [6.07, 6.45) is 3.62. The van der Waals surface area contributed by atoms with Crippen LogP contribution in [0.25, 0.3) is 10.8 Å². The van der Waals surface area contributed by atoms with Gasteiger partial charge in [-0.25, -0.2) is 9.59 Å². The van der Waals surface area contributed by atoms with Gasteiger partial charge in [0.15, 0.2) is 6.73 Å². The maximum atomic E-state index is 12.3. The molecule has 4 aromatic rings. The van der Waals surface area contributed by atoms with Gasteiger partial charge in [-0.2, -0.15) is 0 Å². The summed E-state index contributed by atoms with van der Waals surface area (Å²) >= 11 is 0. The van der Waals surface area contributed by atoms with E-state index in [4.69, 9.17) is 9.84 Å². The Bertz CT molecular complexity index is 1170. The third-order valence-corrected chi connectivity index (χ3v) is 4.56. The van der Waals surface area contributed by atoms with Gasteiger partial charge < -0.3 is 9.84 Å². The molecule has 4 rings (SSSR count). The molecule has 1 N–H and O–H groups in total. The molecule has 1 aromatic heterocycles. The van der Waals surface area contributed by atoms with Crippen LogP contribution in [-0.2, 0) is 17.9 Å². The lowest BCUT2D eigenvalue weighted by Gasteiger charge is -2.08. The van der Waals surface area contributed by atoms with Gasteiger partial charge in [-0.15, -0.1) is 10.2 Å². The predicted octanol–water partition coefficient (Wildman–Crippen LogP) is 3.53. The molecule has 144 valence electrons. The van der Waals surface area contributed by atoms with Gasteiger partial charge in [-0.05, 0) is 52.6 Å². The smallest absolute Gasteiger partial charge is 0.339 e. The number of carbonyl (C=O) groups is 2. The van der Waals surface area contributed by atoms with Crippen molar-refractivity contribution in [1.82, 2.24) is 14.8 Å². The zero-order chi connectivity index (χ0) is 20.2. The Balaban J connectivity index is 1.51. The Kier molecular flexibility index (Phi) is 5.03. The van der Waals surface area contributed by atoms with Crippen LogP contribution in [0.4, 0.5) is 0 Å². The van der Waals surface area contributed by atoms with Crippen LogP contribution in [0, 0.1) is 0 Å².